The molecule has 1 saturated heterocycles. The maximum absolute atomic E-state index is 6.08. The van der Waals surface area contributed by atoms with Gasteiger partial charge in [-0.15, -0.1) is 5.06 Å². The van der Waals surface area contributed by atoms with Gasteiger partial charge in [0.15, 0.2) is 5.54 Å². The summed E-state index contributed by atoms with van der Waals surface area (Å²) >= 11 is 0. The molecular formula is C13H26NO+. The van der Waals surface area contributed by atoms with Gasteiger partial charge < -0.3 is 0 Å². The summed E-state index contributed by atoms with van der Waals surface area (Å²) < 4.78 is 0. The Kier molecular flexibility index (Phi) is 3.15. The van der Waals surface area contributed by atoms with Gasteiger partial charge in [-0.05, 0) is 54.4 Å². The van der Waals surface area contributed by atoms with Crippen molar-refractivity contribution in [3.8, 4) is 0 Å². The number of nitrogens with zero attached hydrogens (tertiary/aromatic N) is 1. The monoisotopic (exact) mass is 212 g/mol. The Labute approximate surface area is 94.9 Å². The van der Waals surface area contributed by atoms with Crippen LogP contribution in [-0.2, 0) is 4.84 Å². The maximum atomic E-state index is 6.08. The number of hydroxylamine groups is 2. The Balaban J connectivity index is 2.87. The molecule has 0 aromatic carbocycles. The van der Waals surface area contributed by atoms with Gasteiger partial charge in [0.2, 0.25) is 0 Å². The lowest BCUT2D eigenvalue weighted by atomic mass is 9.82. The average molecular weight is 212 g/mol. The third-order valence-electron chi connectivity index (χ3n) is 2.91. The van der Waals surface area contributed by atoms with Gasteiger partial charge in [-0.2, -0.15) is 0 Å². The van der Waals surface area contributed by atoms with Crippen LogP contribution in [0, 0.1) is 6.92 Å². The molecular weight excluding hydrogens is 186 g/mol. The van der Waals surface area contributed by atoms with Gasteiger partial charge in [0.25, 0.3) is 0 Å². The minimum absolute atomic E-state index is 0.0853. The average Bonchev–Trinajstić information content (AvgIpc) is 1.95. The highest BCUT2D eigenvalue weighted by atomic mass is 16.7. The highest BCUT2D eigenvalue weighted by Crippen LogP contribution is 2.39. The van der Waals surface area contributed by atoms with Gasteiger partial charge >= 0.3 is 0 Å². The molecule has 15 heavy (non-hydrogen) atoms. The Morgan fingerprint density at radius 1 is 1.13 bits per heavy atom. The van der Waals surface area contributed by atoms with Crippen LogP contribution in [0.3, 0.4) is 0 Å². The highest BCUT2D eigenvalue weighted by Gasteiger charge is 2.48. The molecule has 0 saturated carbocycles. The van der Waals surface area contributed by atoms with E-state index in [9.17, 15) is 0 Å². The molecule has 1 atom stereocenters. The summed E-state index contributed by atoms with van der Waals surface area (Å²) in [6.45, 7) is 17.2. The largest absolute Gasteiger partial charge is 0.288 e. The smallest absolute Gasteiger partial charge is 0.178 e. The molecule has 1 aliphatic heterocycles. The first-order valence-electron chi connectivity index (χ1n) is 5.89. The van der Waals surface area contributed by atoms with Crippen LogP contribution in [-0.4, -0.2) is 21.7 Å². The molecule has 1 fully saturated rings. The molecule has 0 amide bonds. The molecule has 0 radical (unpaired) electrons. The number of hydrogen-bond donors (Lipinski definition) is 0. The van der Waals surface area contributed by atoms with E-state index in [0.717, 1.165) is 6.42 Å². The van der Waals surface area contributed by atoms with Crippen molar-refractivity contribution in [1.82, 2.24) is 5.06 Å². The van der Waals surface area contributed by atoms with Crippen LogP contribution in [0.1, 0.15) is 60.8 Å². The Morgan fingerprint density at radius 3 is 2.07 bits per heavy atom. The predicted octanol–water partition coefficient (Wildman–Crippen LogP) is 3.57. The minimum atomic E-state index is -0.145. The molecule has 1 rings (SSSR count). The first-order valence-corrected chi connectivity index (χ1v) is 5.89. The van der Waals surface area contributed by atoms with Crippen LogP contribution in [0.2, 0.25) is 0 Å². The lowest BCUT2D eigenvalue weighted by Crippen LogP contribution is -2.60. The van der Waals surface area contributed by atoms with Crippen molar-refractivity contribution in [2.24, 2.45) is 0 Å². The Bertz CT molecular complexity index is 209. The second-order valence-electron chi connectivity index (χ2n) is 6.66. The van der Waals surface area contributed by atoms with E-state index in [1.165, 1.54) is 12.8 Å². The molecule has 0 N–H and O–H groups in total. The van der Waals surface area contributed by atoms with Gasteiger partial charge in [-0.25, -0.2) is 0 Å². The van der Waals surface area contributed by atoms with E-state index in [-0.39, 0.29) is 16.7 Å². The molecule has 2 heteroatoms. The standard InChI is InChI=1S/C13H26NO/c1-11(2,3)15-14-12(4,5)9-8-10-13(14,6)7/h4,8-10H2,1-3,5-7H3/q+1. The van der Waals surface area contributed by atoms with Gasteiger partial charge in [-0.3, -0.25) is 4.84 Å². The lowest BCUT2D eigenvalue weighted by molar-refractivity contribution is -0.319. The zero-order valence-corrected chi connectivity index (χ0v) is 11.2. The second-order valence-corrected chi connectivity index (χ2v) is 6.66. The van der Waals surface area contributed by atoms with Crippen molar-refractivity contribution >= 4 is 0 Å². The summed E-state index contributed by atoms with van der Waals surface area (Å²) in [5.41, 5.74) is -0.162. The summed E-state index contributed by atoms with van der Waals surface area (Å²) in [4.78, 5) is 6.08. The molecule has 1 unspecified atom stereocenters. The van der Waals surface area contributed by atoms with Crippen molar-refractivity contribution in [2.45, 2.75) is 77.5 Å². The quantitative estimate of drug-likeness (QED) is 0.616. The van der Waals surface area contributed by atoms with Crippen LogP contribution in [0.4, 0.5) is 0 Å². The van der Waals surface area contributed by atoms with Crippen molar-refractivity contribution in [3.05, 3.63) is 6.92 Å². The minimum Gasteiger partial charge on any atom is -0.288 e. The summed E-state index contributed by atoms with van der Waals surface area (Å²) in [6, 6.07) is 0. The molecule has 0 spiro atoms. The van der Waals surface area contributed by atoms with Crippen molar-refractivity contribution in [1.29, 1.82) is 0 Å². The summed E-state index contributed by atoms with van der Waals surface area (Å²) in [5, 5.41) is 2.11. The first-order chi connectivity index (χ1) is 6.55. The van der Waals surface area contributed by atoms with E-state index in [0.29, 0.717) is 0 Å². The SMILES string of the molecule is [CH2+]C1(C)CCCC(C)(C)N1OC(C)(C)C. The van der Waals surface area contributed by atoms with E-state index >= 15 is 0 Å². The first kappa shape index (κ1) is 12.9. The molecule has 0 aliphatic carbocycles. The molecule has 88 valence electrons. The Hall–Kier alpha value is -0.210. The zero-order valence-electron chi connectivity index (χ0n) is 11.2. The molecule has 0 aromatic heterocycles. The van der Waals surface area contributed by atoms with Gasteiger partial charge in [0, 0.05) is 12.0 Å². The predicted molar refractivity (Wildman–Crippen MR) is 64.4 cm³/mol. The summed E-state index contributed by atoms with van der Waals surface area (Å²) in [5.74, 6) is 0. The third-order valence-corrected chi connectivity index (χ3v) is 2.91. The van der Waals surface area contributed by atoms with Gasteiger partial charge in [0.1, 0.15) is 0 Å². The fraction of sp³-hybridized carbons (Fsp3) is 0.923. The third kappa shape index (κ3) is 3.12. The highest BCUT2D eigenvalue weighted by molar-refractivity contribution is 4.97. The number of hydrogen-bond acceptors (Lipinski definition) is 2. The van der Waals surface area contributed by atoms with Crippen molar-refractivity contribution < 1.29 is 4.84 Å². The van der Waals surface area contributed by atoms with Crippen LogP contribution in [0.15, 0.2) is 0 Å². The summed E-state index contributed by atoms with van der Waals surface area (Å²) in [6.07, 6.45) is 3.51. The molecule has 1 heterocycles. The van der Waals surface area contributed by atoms with E-state index in [4.69, 9.17) is 4.84 Å². The molecule has 1 aliphatic rings. The van der Waals surface area contributed by atoms with E-state index < -0.39 is 0 Å². The second kappa shape index (κ2) is 3.67. The van der Waals surface area contributed by atoms with Crippen molar-refractivity contribution in [2.75, 3.05) is 0 Å². The number of piperidine rings is 1. The number of rotatable bonds is 1. The van der Waals surface area contributed by atoms with Crippen LogP contribution in [0.25, 0.3) is 0 Å². The lowest BCUT2D eigenvalue weighted by Gasteiger charge is -2.49. The zero-order chi connectivity index (χ0) is 11.9. The van der Waals surface area contributed by atoms with Crippen molar-refractivity contribution in [3.63, 3.8) is 0 Å². The van der Waals surface area contributed by atoms with Crippen LogP contribution >= 0.6 is 0 Å². The normalized spacial score (nSPS) is 32.9. The fourth-order valence-electron chi connectivity index (χ4n) is 2.34. The van der Waals surface area contributed by atoms with Gasteiger partial charge in [0.05, 0.1) is 12.5 Å². The fourth-order valence-corrected chi connectivity index (χ4v) is 2.34. The molecule has 0 aromatic rings. The molecule has 2 nitrogen and oxygen atoms in total. The van der Waals surface area contributed by atoms with E-state index in [2.05, 4.69) is 53.5 Å². The Morgan fingerprint density at radius 2 is 1.67 bits per heavy atom. The topological polar surface area (TPSA) is 12.5 Å². The van der Waals surface area contributed by atoms with E-state index in [1.54, 1.807) is 0 Å². The van der Waals surface area contributed by atoms with Crippen LogP contribution in [0.5, 0.6) is 0 Å². The van der Waals surface area contributed by atoms with Crippen LogP contribution < -0.4 is 0 Å². The maximum Gasteiger partial charge on any atom is 0.178 e. The summed E-state index contributed by atoms with van der Waals surface area (Å²) in [7, 11) is 0. The van der Waals surface area contributed by atoms with E-state index in [1.807, 2.05) is 0 Å². The van der Waals surface area contributed by atoms with Gasteiger partial charge in [-0.1, -0.05) is 0 Å². The molecule has 0 bridgehead atoms.